The van der Waals surface area contributed by atoms with Gasteiger partial charge in [-0.05, 0) is 47.1 Å². The molecule has 2 atom stereocenters. The predicted octanol–water partition coefficient (Wildman–Crippen LogP) is 2.65. The van der Waals surface area contributed by atoms with Crippen LogP contribution in [0.4, 0.5) is 0 Å². The minimum absolute atomic E-state index is 0.205. The molecule has 0 saturated carbocycles. The highest BCUT2D eigenvalue weighted by Crippen LogP contribution is 2.15. The molecule has 3 heteroatoms. The van der Waals surface area contributed by atoms with Gasteiger partial charge in [-0.15, -0.1) is 0 Å². The first-order chi connectivity index (χ1) is 8.42. The fourth-order valence-electron chi connectivity index (χ4n) is 2.49. The molecule has 1 N–H and O–H groups in total. The number of nitrogens with zero attached hydrogens (tertiary/aromatic N) is 1. The van der Waals surface area contributed by atoms with Crippen LogP contribution in [0.5, 0.6) is 0 Å². The van der Waals surface area contributed by atoms with E-state index in [9.17, 15) is 0 Å². The van der Waals surface area contributed by atoms with E-state index in [1.165, 1.54) is 25.7 Å². The third-order valence-electron chi connectivity index (χ3n) is 3.63. The van der Waals surface area contributed by atoms with Crippen molar-refractivity contribution in [3.8, 4) is 0 Å². The molecule has 0 radical (unpaired) electrons. The van der Waals surface area contributed by atoms with Gasteiger partial charge in [0.25, 0.3) is 0 Å². The Kier molecular flexibility index (Phi) is 6.61. The van der Waals surface area contributed by atoms with Gasteiger partial charge in [-0.3, -0.25) is 4.90 Å². The van der Waals surface area contributed by atoms with E-state index in [2.05, 4.69) is 45.0 Å². The number of ether oxygens (including phenoxy) is 1. The highest BCUT2D eigenvalue weighted by molar-refractivity contribution is 4.79. The van der Waals surface area contributed by atoms with Crippen molar-refractivity contribution in [1.29, 1.82) is 0 Å². The van der Waals surface area contributed by atoms with Crippen LogP contribution in [-0.4, -0.2) is 49.3 Å². The summed E-state index contributed by atoms with van der Waals surface area (Å²) in [5.41, 5.74) is 0.205. The maximum Gasteiger partial charge on any atom is 0.0702 e. The Labute approximate surface area is 113 Å². The Hall–Kier alpha value is -0.120. The van der Waals surface area contributed by atoms with Crippen molar-refractivity contribution >= 4 is 0 Å². The number of nitrogens with one attached hydrogen (secondary N) is 1. The maximum atomic E-state index is 5.74. The zero-order valence-electron chi connectivity index (χ0n) is 13.0. The van der Waals surface area contributed by atoms with Gasteiger partial charge in [0.2, 0.25) is 0 Å². The van der Waals surface area contributed by atoms with Gasteiger partial charge in [-0.2, -0.15) is 0 Å². The molecule has 0 aliphatic carbocycles. The van der Waals surface area contributed by atoms with Gasteiger partial charge in [-0.25, -0.2) is 0 Å². The van der Waals surface area contributed by atoms with Crippen molar-refractivity contribution in [2.45, 2.75) is 71.1 Å². The molecule has 18 heavy (non-hydrogen) atoms. The van der Waals surface area contributed by atoms with Crippen LogP contribution < -0.4 is 5.32 Å². The van der Waals surface area contributed by atoms with E-state index in [-0.39, 0.29) is 5.54 Å². The average molecular weight is 256 g/mol. The van der Waals surface area contributed by atoms with E-state index in [0.29, 0.717) is 12.1 Å². The summed E-state index contributed by atoms with van der Waals surface area (Å²) in [6.45, 7) is 12.1. The molecular formula is C15H32N2O. The van der Waals surface area contributed by atoms with E-state index in [0.717, 1.165) is 19.7 Å². The van der Waals surface area contributed by atoms with Crippen LogP contribution in [0.25, 0.3) is 0 Å². The second-order valence-electron chi connectivity index (χ2n) is 6.65. The third-order valence-corrected chi connectivity index (χ3v) is 3.63. The molecule has 3 nitrogen and oxygen atoms in total. The quantitative estimate of drug-likeness (QED) is 0.758. The molecule has 0 spiro atoms. The molecule has 1 aliphatic rings. The first kappa shape index (κ1) is 15.9. The number of hydrogen-bond acceptors (Lipinski definition) is 3. The molecule has 0 aromatic rings. The van der Waals surface area contributed by atoms with Crippen molar-refractivity contribution in [3.05, 3.63) is 0 Å². The van der Waals surface area contributed by atoms with E-state index in [4.69, 9.17) is 4.74 Å². The lowest BCUT2D eigenvalue weighted by Gasteiger charge is -2.32. The molecule has 0 amide bonds. The molecule has 0 bridgehead atoms. The van der Waals surface area contributed by atoms with Gasteiger partial charge in [0.15, 0.2) is 0 Å². The molecular weight excluding hydrogens is 224 g/mol. The van der Waals surface area contributed by atoms with Crippen LogP contribution in [-0.2, 0) is 4.74 Å². The van der Waals surface area contributed by atoms with Crippen LogP contribution in [0, 0.1) is 0 Å². The summed E-state index contributed by atoms with van der Waals surface area (Å²) < 4.78 is 5.74. The Morgan fingerprint density at radius 1 is 1.39 bits per heavy atom. The van der Waals surface area contributed by atoms with Crippen LogP contribution in [0.1, 0.15) is 53.4 Å². The summed E-state index contributed by atoms with van der Waals surface area (Å²) in [4.78, 5) is 2.48. The van der Waals surface area contributed by atoms with Crippen molar-refractivity contribution in [3.63, 3.8) is 0 Å². The summed E-state index contributed by atoms with van der Waals surface area (Å²) in [5, 5.41) is 3.63. The van der Waals surface area contributed by atoms with Crippen molar-refractivity contribution in [2.75, 3.05) is 26.7 Å². The summed E-state index contributed by atoms with van der Waals surface area (Å²) in [5.74, 6) is 0. The number of likely N-dealkylation sites (N-methyl/N-ethyl adjacent to an activating group) is 1. The normalized spacial score (nSPS) is 22.7. The minimum atomic E-state index is 0.205. The maximum absolute atomic E-state index is 5.74. The largest absolute Gasteiger partial charge is 0.377 e. The Bertz CT molecular complexity index is 219. The summed E-state index contributed by atoms with van der Waals surface area (Å²) in [6.07, 6.45) is 5.43. The highest BCUT2D eigenvalue weighted by Gasteiger charge is 2.22. The Morgan fingerprint density at radius 3 is 2.61 bits per heavy atom. The molecule has 1 fully saturated rings. The van der Waals surface area contributed by atoms with Crippen LogP contribution in [0.15, 0.2) is 0 Å². The van der Waals surface area contributed by atoms with Gasteiger partial charge in [0.05, 0.1) is 6.10 Å². The second-order valence-corrected chi connectivity index (χ2v) is 6.65. The van der Waals surface area contributed by atoms with Gasteiger partial charge in [-0.1, -0.05) is 13.3 Å². The van der Waals surface area contributed by atoms with E-state index in [1.54, 1.807) is 0 Å². The van der Waals surface area contributed by atoms with Crippen molar-refractivity contribution < 1.29 is 4.74 Å². The summed E-state index contributed by atoms with van der Waals surface area (Å²) >= 11 is 0. The molecule has 0 aromatic heterocycles. The van der Waals surface area contributed by atoms with E-state index < -0.39 is 0 Å². The van der Waals surface area contributed by atoms with Crippen molar-refractivity contribution in [2.24, 2.45) is 0 Å². The van der Waals surface area contributed by atoms with Crippen LogP contribution in [0.2, 0.25) is 0 Å². The SMILES string of the molecule is CCCC(CNC(C)(C)C)N(C)CC1CCCO1. The topological polar surface area (TPSA) is 24.5 Å². The second kappa shape index (κ2) is 7.46. The summed E-state index contributed by atoms with van der Waals surface area (Å²) in [7, 11) is 2.24. The molecule has 1 aliphatic heterocycles. The van der Waals surface area contributed by atoms with Crippen LogP contribution in [0.3, 0.4) is 0 Å². The van der Waals surface area contributed by atoms with E-state index in [1.807, 2.05) is 0 Å². The van der Waals surface area contributed by atoms with Gasteiger partial charge in [0.1, 0.15) is 0 Å². The lowest BCUT2D eigenvalue weighted by atomic mass is 10.1. The first-order valence-corrected chi connectivity index (χ1v) is 7.49. The fourth-order valence-corrected chi connectivity index (χ4v) is 2.49. The van der Waals surface area contributed by atoms with Gasteiger partial charge in [0, 0.05) is 31.3 Å². The Morgan fingerprint density at radius 2 is 2.11 bits per heavy atom. The fraction of sp³-hybridized carbons (Fsp3) is 1.00. The van der Waals surface area contributed by atoms with Gasteiger partial charge < -0.3 is 10.1 Å². The standard InChI is InChI=1S/C15H32N2O/c1-6-8-13(11-16-15(2,3)4)17(5)12-14-9-7-10-18-14/h13-14,16H,6-12H2,1-5H3. The summed E-state index contributed by atoms with van der Waals surface area (Å²) in [6, 6.07) is 0.624. The average Bonchev–Trinajstić information content (AvgIpc) is 2.75. The molecule has 1 saturated heterocycles. The van der Waals surface area contributed by atoms with Crippen LogP contribution >= 0.6 is 0 Å². The lowest BCUT2D eigenvalue weighted by molar-refractivity contribution is 0.0650. The highest BCUT2D eigenvalue weighted by atomic mass is 16.5. The Balaban J connectivity index is 2.38. The lowest BCUT2D eigenvalue weighted by Crippen LogP contribution is -2.48. The molecule has 2 unspecified atom stereocenters. The predicted molar refractivity (Wildman–Crippen MR) is 78.1 cm³/mol. The number of hydrogen-bond donors (Lipinski definition) is 1. The first-order valence-electron chi connectivity index (χ1n) is 7.49. The molecule has 1 heterocycles. The monoisotopic (exact) mass is 256 g/mol. The third kappa shape index (κ3) is 6.17. The van der Waals surface area contributed by atoms with Gasteiger partial charge >= 0.3 is 0 Å². The zero-order valence-corrected chi connectivity index (χ0v) is 13.0. The smallest absolute Gasteiger partial charge is 0.0702 e. The van der Waals surface area contributed by atoms with Crippen molar-refractivity contribution in [1.82, 2.24) is 10.2 Å². The molecule has 108 valence electrons. The van der Waals surface area contributed by atoms with E-state index >= 15 is 0 Å². The minimum Gasteiger partial charge on any atom is -0.377 e. The zero-order chi connectivity index (χ0) is 13.6. The molecule has 1 rings (SSSR count). The number of rotatable bonds is 7. The molecule has 0 aromatic carbocycles.